The van der Waals surface area contributed by atoms with Gasteiger partial charge in [0.1, 0.15) is 0 Å². The maximum atomic E-state index is 11.7. The molecule has 2 aromatic rings. The van der Waals surface area contributed by atoms with Crippen molar-refractivity contribution in [3.63, 3.8) is 0 Å². The molecule has 0 radical (unpaired) electrons. The minimum atomic E-state index is -0.220. The average Bonchev–Trinajstić information content (AvgIpc) is 2.29. The van der Waals surface area contributed by atoms with Crippen LogP contribution in [0.15, 0.2) is 41.3 Å². The van der Waals surface area contributed by atoms with Crippen LogP contribution in [0.1, 0.15) is 25.3 Å². The molecule has 0 saturated heterocycles. The van der Waals surface area contributed by atoms with Gasteiger partial charge in [-0.15, -0.1) is 0 Å². The van der Waals surface area contributed by atoms with Gasteiger partial charge in [-0.25, -0.2) is 0 Å². The van der Waals surface area contributed by atoms with Gasteiger partial charge in [-0.3, -0.25) is 4.79 Å². The maximum Gasteiger partial charge on any atom is 0.273 e. The smallest absolute Gasteiger partial charge is 0.273 e. The summed E-state index contributed by atoms with van der Waals surface area (Å²) in [6, 6.07) is 9.15. The van der Waals surface area contributed by atoms with Crippen molar-refractivity contribution in [2.75, 3.05) is 5.73 Å². The van der Waals surface area contributed by atoms with E-state index in [0.717, 1.165) is 5.69 Å². The lowest BCUT2D eigenvalue weighted by atomic mass is 10.0. The zero-order valence-corrected chi connectivity index (χ0v) is 9.92. The molecule has 4 heteroatoms. The SMILES string of the molecule is CC(C)c1ccc(-n2ncc(N)cc2=O)cc1. The Hall–Kier alpha value is -2.10. The predicted octanol–water partition coefficient (Wildman–Crippen LogP) is 1.94. The molecule has 0 aliphatic rings. The molecule has 0 unspecified atom stereocenters. The van der Waals surface area contributed by atoms with Gasteiger partial charge < -0.3 is 5.73 Å². The van der Waals surface area contributed by atoms with E-state index < -0.39 is 0 Å². The van der Waals surface area contributed by atoms with Gasteiger partial charge in [0.05, 0.1) is 17.6 Å². The van der Waals surface area contributed by atoms with Crippen LogP contribution in [0.3, 0.4) is 0 Å². The first kappa shape index (κ1) is 11.4. The van der Waals surface area contributed by atoms with Crippen molar-refractivity contribution >= 4 is 5.69 Å². The standard InChI is InChI=1S/C13H15N3O/c1-9(2)10-3-5-12(6-4-10)16-13(17)7-11(14)8-15-16/h3-9H,14H2,1-2H3. The van der Waals surface area contributed by atoms with E-state index in [9.17, 15) is 4.79 Å². The number of anilines is 1. The molecule has 0 bridgehead atoms. The minimum absolute atomic E-state index is 0.220. The minimum Gasteiger partial charge on any atom is -0.397 e. The average molecular weight is 229 g/mol. The molecule has 0 aliphatic carbocycles. The Balaban J connectivity index is 2.43. The van der Waals surface area contributed by atoms with Gasteiger partial charge in [-0.2, -0.15) is 9.78 Å². The van der Waals surface area contributed by atoms with Crippen LogP contribution in [0.5, 0.6) is 0 Å². The summed E-state index contributed by atoms with van der Waals surface area (Å²) in [5, 5.41) is 4.00. The Kier molecular flexibility index (Phi) is 2.95. The van der Waals surface area contributed by atoms with E-state index in [-0.39, 0.29) is 5.56 Å². The van der Waals surface area contributed by atoms with Gasteiger partial charge >= 0.3 is 0 Å². The van der Waals surface area contributed by atoms with Gasteiger partial charge in [0.15, 0.2) is 0 Å². The second kappa shape index (κ2) is 4.41. The lowest BCUT2D eigenvalue weighted by Gasteiger charge is -2.07. The first-order chi connectivity index (χ1) is 8.08. The molecule has 17 heavy (non-hydrogen) atoms. The van der Waals surface area contributed by atoms with Crippen molar-refractivity contribution in [2.45, 2.75) is 19.8 Å². The fraction of sp³-hybridized carbons (Fsp3) is 0.231. The molecule has 0 spiro atoms. The van der Waals surface area contributed by atoms with Crippen LogP contribution < -0.4 is 11.3 Å². The number of benzene rings is 1. The number of nitrogens with zero attached hydrogens (tertiary/aromatic N) is 2. The Morgan fingerprint density at radius 2 is 1.88 bits per heavy atom. The summed E-state index contributed by atoms with van der Waals surface area (Å²) in [6.07, 6.45) is 1.47. The molecule has 1 aromatic heterocycles. The van der Waals surface area contributed by atoms with Crippen molar-refractivity contribution in [3.05, 3.63) is 52.4 Å². The first-order valence-corrected chi connectivity index (χ1v) is 5.53. The molecule has 88 valence electrons. The summed E-state index contributed by atoms with van der Waals surface area (Å²) in [5.41, 5.74) is 7.64. The predicted molar refractivity (Wildman–Crippen MR) is 68.3 cm³/mol. The Labute approximate surface area is 99.7 Å². The topological polar surface area (TPSA) is 60.9 Å². The maximum absolute atomic E-state index is 11.7. The van der Waals surface area contributed by atoms with Crippen LogP contribution in [-0.4, -0.2) is 9.78 Å². The number of hydrogen-bond acceptors (Lipinski definition) is 3. The van der Waals surface area contributed by atoms with Crippen LogP contribution in [0, 0.1) is 0 Å². The summed E-state index contributed by atoms with van der Waals surface area (Å²) in [5.74, 6) is 0.472. The molecule has 0 aliphatic heterocycles. The molecular formula is C13H15N3O. The van der Waals surface area contributed by atoms with Gasteiger partial charge in [0, 0.05) is 6.07 Å². The second-order valence-corrected chi connectivity index (χ2v) is 4.29. The lowest BCUT2D eigenvalue weighted by molar-refractivity contribution is 0.805. The van der Waals surface area contributed by atoms with E-state index in [1.807, 2.05) is 24.3 Å². The van der Waals surface area contributed by atoms with Crippen molar-refractivity contribution in [3.8, 4) is 5.69 Å². The van der Waals surface area contributed by atoms with Gasteiger partial charge in [0.25, 0.3) is 5.56 Å². The number of aromatic nitrogens is 2. The van der Waals surface area contributed by atoms with Crippen LogP contribution >= 0.6 is 0 Å². The fourth-order valence-electron chi connectivity index (χ4n) is 1.62. The molecule has 1 aromatic carbocycles. The molecule has 2 N–H and O–H groups in total. The second-order valence-electron chi connectivity index (χ2n) is 4.29. The van der Waals surface area contributed by atoms with E-state index in [4.69, 9.17) is 5.73 Å². The Morgan fingerprint density at radius 1 is 1.24 bits per heavy atom. The van der Waals surface area contributed by atoms with E-state index in [2.05, 4.69) is 18.9 Å². The highest BCUT2D eigenvalue weighted by molar-refractivity contribution is 5.37. The summed E-state index contributed by atoms with van der Waals surface area (Å²) < 4.78 is 1.33. The lowest BCUT2D eigenvalue weighted by Crippen LogP contribution is -2.20. The number of nitrogens with two attached hydrogens (primary N) is 1. The van der Waals surface area contributed by atoms with E-state index >= 15 is 0 Å². The third-order valence-corrected chi connectivity index (χ3v) is 2.63. The summed E-state index contributed by atoms with van der Waals surface area (Å²) in [7, 11) is 0. The molecular weight excluding hydrogens is 214 g/mol. The summed E-state index contributed by atoms with van der Waals surface area (Å²) >= 11 is 0. The van der Waals surface area contributed by atoms with E-state index in [0.29, 0.717) is 11.6 Å². The summed E-state index contributed by atoms with van der Waals surface area (Å²) in [4.78, 5) is 11.7. The van der Waals surface area contributed by atoms with Crippen molar-refractivity contribution in [2.24, 2.45) is 0 Å². The van der Waals surface area contributed by atoms with Crippen LogP contribution in [-0.2, 0) is 0 Å². The molecule has 4 nitrogen and oxygen atoms in total. The monoisotopic (exact) mass is 229 g/mol. The molecule has 1 heterocycles. The van der Waals surface area contributed by atoms with Gasteiger partial charge in [-0.05, 0) is 23.6 Å². The van der Waals surface area contributed by atoms with Crippen molar-refractivity contribution < 1.29 is 0 Å². The first-order valence-electron chi connectivity index (χ1n) is 5.53. The Morgan fingerprint density at radius 3 is 2.41 bits per heavy atom. The van der Waals surface area contributed by atoms with Gasteiger partial charge in [0.2, 0.25) is 0 Å². The highest BCUT2D eigenvalue weighted by Gasteiger charge is 2.03. The highest BCUT2D eigenvalue weighted by Crippen LogP contribution is 2.15. The third kappa shape index (κ3) is 2.36. The van der Waals surface area contributed by atoms with Crippen molar-refractivity contribution in [1.29, 1.82) is 0 Å². The largest absolute Gasteiger partial charge is 0.397 e. The van der Waals surface area contributed by atoms with Crippen molar-refractivity contribution in [1.82, 2.24) is 9.78 Å². The molecule has 0 atom stereocenters. The number of rotatable bonds is 2. The van der Waals surface area contributed by atoms with E-state index in [1.54, 1.807) is 0 Å². The normalized spacial score (nSPS) is 10.8. The zero-order valence-electron chi connectivity index (χ0n) is 9.92. The zero-order chi connectivity index (χ0) is 12.4. The third-order valence-electron chi connectivity index (χ3n) is 2.63. The Bertz CT molecular complexity index is 570. The number of hydrogen-bond donors (Lipinski definition) is 1. The molecule has 0 fully saturated rings. The van der Waals surface area contributed by atoms with Crippen LogP contribution in [0.4, 0.5) is 5.69 Å². The van der Waals surface area contributed by atoms with Gasteiger partial charge in [-0.1, -0.05) is 26.0 Å². The highest BCUT2D eigenvalue weighted by atomic mass is 16.1. The fourth-order valence-corrected chi connectivity index (χ4v) is 1.62. The quantitative estimate of drug-likeness (QED) is 0.856. The molecule has 0 saturated carbocycles. The molecule has 0 amide bonds. The van der Waals surface area contributed by atoms with E-state index in [1.165, 1.54) is 22.5 Å². The van der Waals surface area contributed by atoms with Crippen LogP contribution in [0.25, 0.3) is 5.69 Å². The van der Waals surface area contributed by atoms with Crippen LogP contribution in [0.2, 0.25) is 0 Å². The number of nitrogen functional groups attached to an aromatic ring is 1. The molecule has 2 rings (SSSR count). The summed E-state index contributed by atoms with van der Waals surface area (Å²) in [6.45, 7) is 4.26.